The number of imidazole rings is 1. The van der Waals surface area contributed by atoms with E-state index in [1.165, 1.54) is 28.5 Å². The van der Waals surface area contributed by atoms with Crippen molar-refractivity contribution in [3.63, 3.8) is 0 Å². The molecule has 0 amide bonds. The van der Waals surface area contributed by atoms with E-state index in [9.17, 15) is 9.18 Å². The second kappa shape index (κ2) is 7.14. The Morgan fingerprint density at radius 1 is 1.00 bits per heavy atom. The van der Waals surface area contributed by atoms with Gasteiger partial charge in [0.2, 0.25) is 5.78 Å². The fourth-order valence-corrected chi connectivity index (χ4v) is 4.01. The van der Waals surface area contributed by atoms with Gasteiger partial charge < -0.3 is 0 Å². The number of hydrogen-bond acceptors (Lipinski definition) is 5. The molecular formula is C21H14FN5OS. The summed E-state index contributed by atoms with van der Waals surface area (Å²) in [6, 6.07) is 14.9. The molecule has 5 aromatic rings. The zero-order valence-corrected chi connectivity index (χ0v) is 15.9. The molecule has 0 saturated heterocycles. The summed E-state index contributed by atoms with van der Waals surface area (Å²) < 4.78 is 16.8. The average molecular weight is 403 g/mol. The summed E-state index contributed by atoms with van der Waals surface area (Å²) in [7, 11) is 0. The number of hydrogen-bond donors (Lipinski definition) is 0. The van der Waals surface area contributed by atoms with Gasteiger partial charge in [-0.05, 0) is 42.5 Å². The van der Waals surface area contributed by atoms with Crippen molar-refractivity contribution in [1.82, 2.24) is 23.9 Å². The van der Waals surface area contributed by atoms with Crippen LogP contribution in [-0.2, 0) is 5.75 Å². The summed E-state index contributed by atoms with van der Waals surface area (Å²) in [6.07, 6.45) is 5.47. The molecule has 3 aromatic heterocycles. The van der Waals surface area contributed by atoms with Crippen LogP contribution in [0.25, 0.3) is 22.4 Å². The van der Waals surface area contributed by atoms with Gasteiger partial charge in [-0.3, -0.25) is 13.8 Å². The lowest BCUT2D eigenvalue weighted by Crippen LogP contribution is -2.21. The normalized spacial score (nSPS) is 11.3. The summed E-state index contributed by atoms with van der Waals surface area (Å²) in [4.78, 5) is 26.6. The lowest BCUT2D eigenvalue weighted by atomic mass is 10.2. The van der Waals surface area contributed by atoms with E-state index in [0.29, 0.717) is 33.3 Å². The number of nitrogens with zero attached hydrogens (tertiary/aromatic N) is 5. The number of aromatic nitrogens is 5. The molecule has 0 spiro atoms. The Hall–Kier alpha value is -3.52. The minimum atomic E-state index is -0.359. The van der Waals surface area contributed by atoms with Crippen molar-refractivity contribution in [2.75, 3.05) is 0 Å². The van der Waals surface area contributed by atoms with Crippen molar-refractivity contribution in [1.29, 1.82) is 0 Å². The highest BCUT2D eigenvalue weighted by molar-refractivity contribution is 7.98. The molecule has 0 bridgehead atoms. The lowest BCUT2D eigenvalue weighted by Gasteiger charge is -2.12. The highest BCUT2D eigenvalue weighted by Crippen LogP contribution is 2.24. The number of para-hydroxylation sites is 1. The third-order valence-corrected chi connectivity index (χ3v) is 5.44. The monoisotopic (exact) mass is 403 g/mol. The largest absolute Gasteiger partial charge is 0.291 e. The van der Waals surface area contributed by atoms with Gasteiger partial charge >= 0.3 is 0 Å². The van der Waals surface area contributed by atoms with Gasteiger partial charge in [0, 0.05) is 24.3 Å². The number of fused-ring (bicyclic) bond motifs is 2. The molecule has 142 valence electrons. The molecule has 0 aliphatic rings. The quantitative estimate of drug-likeness (QED) is 0.337. The van der Waals surface area contributed by atoms with Crippen LogP contribution in [0.3, 0.4) is 0 Å². The van der Waals surface area contributed by atoms with Crippen LogP contribution in [-0.4, -0.2) is 23.9 Å². The predicted octanol–water partition coefficient (Wildman–Crippen LogP) is 3.86. The number of rotatable bonds is 4. The van der Waals surface area contributed by atoms with Crippen LogP contribution in [0.2, 0.25) is 0 Å². The van der Waals surface area contributed by atoms with Crippen LogP contribution in [0.5, 0.6) is 0 Å². The van der Waals surface area contributed by atoms with E-state index in [2.05, 4.69) is 15.0 Å². The van der Waals surface area contributed by atoms with Crippen molar-refractivity contribution in [3.05, 3.63) is 95.1 Å². The summed E-state index contributed by atoms with van der Waals surface area (Å²) >= 11 is 1.40. The van der Waals surface area contributed by atoms with Crippen molar-refractivity contribution >= 4 is 28.4 Å². The molecular weight excluding hydrogens is 389 g/mol. The van der Waals surface area contributed by atoms with E-state index in [1.54, 1.807) is 30.5 Å². The SMILES string of the molecule is O=c1c2ccccc2nc(SCc2cn3cccnc3n2)n1-c1ccc(F)cc1. The third kappa shape index (κ3) is 3.27. The predicted molar refractivity (Wildman–Crippen MR) is 110 cm³/mol. The fraction of sp³-hybridized carbons (Fsp3) is 0.0476. The topological polar surface area (TPSA) is 65.1 Å². The van der Waals surface area contributed by atoms with Crippen LogP contribution in [0.4, 0.5) is 4.39 Å². The first-order chi connectivity index (χ1) is 14.2. The van der Waals surface area contributed by atoms with Gasteiger partial charge in [0.15, 0.2) is 5.16 Å². The lowest BCUT2D eigenvalue weighted by molar-refractivity contribution is 0.627. The fourth-order valence-electron chi connectivity index (χ4n) is 3.11. The molecule has 5 rings (SSSR count). The Morgan fingerprint density at radius 3 is 2.66 bits per heavy atom. The zero-order chi connectivity index (χ0) is 19.8. The molecule has 3 heterocycles. The first kappa shape index (κ1) is 17.6. The second-order valence-corrected chi connectivity index (χ2v) is 7.32. The van der Waals surface area contributed by atoms with Crippen LogP contribution >= 0.6 is 11.8 Å². The van der Waals surface area contributed by atoms with Crippen molar-refractivity contribution < 1.29 is 4.39 Å². The van der Waals surface area contributed by atoms with Gasteiger partial charge in [-0.25, -0.2) is 19.3 Å². The minimum absolute atomic E-state index is 0.193. The molecule has 6 nitrogen and oxygen atoms in total. The Balaban J connectivity index is 1.60. The van der Waals surface area contributed by atoms with Crippen molar-refractivity contribution in [3.8, 4) is 5.69 Å². The molecule has 0 aliphatic carbocycles. The third-order valence-electron chi connectivity index (χ3n) is 4.46. The molecule has 0 aliphatic heterocycles. The van der Waals surface area contributed by atoms with E-state index in [1.807, 2.05) is 35.0 Å². The van der Waals surface area contributed by atoms with Gasteiger partial charge in [0.1, 0.15) is 5.82 Å². The molecule has 0 N–H and O–H groups in total. The standard InChI is InChI=1S/C21H14FN5OS/c22-14-6-8-16(9-7-14)27-19(28)17-4-1-2-5-18(17)25-21(27)29-13-15-12-26-11-3-10-23-20(26)24-15/h1-12H,13H2. The van der Waals surface area contributed by atoms with E-state index < -0.39 is 0 Å². The minimum Gasteiger partial charge on any atom is -0.291 e. The maximum absolute atomic E-state index is 13.4. The smallest absolute Gasteiger partial charge is 0.266 e. The first-order valence-electron chi connectivity index (χ1n) is 8.88. The molecule has 29 heavy (non-hydrogen) atoms. The van der Waals surface area contributed by atoms with Gasteiger partial charge in [-0.15, -0.1) is 0 Å². The first-order valence-corrected chi connectivity index (χ1v) is 9.87. The summed E-state index contributed by atoms with van der Waals surface area (Å²) in [5, 5.41) is 1.03. The molecule has 0 unspecified atom stereocenters. The summed E-state index contributed by atoms with van der Waals surface area (Å²) in [5.41, 5.74) is 1.81. The number of thioether (sulfide) groups is 1. The van der Waals surface area contributed by atoms with Gasteiger partial charge in [-0.1, -0.05) is 23.9 Å². The Bertz CT molecular complexity index is 1360. The van der Waals surface area contributed by atoms with Crippen LogP contribution in [0.1, 0.15) is 5.69 Å². The summed E-state index contributed by atoms with van der Waals surface area (Å²) in [5.74, 6) is 0.766. The molecule has 8 heteroatoms. The van der Waals surface area contributed by atoms with Gasteiger partial charge in [0.25, 0.3) is 5.56 Å². The molecule has 0 radical (unpaired) electrons. The average Bonchev–Trinajstić information content (AvgIpc) is 3.16. The molecule has 0 saturated carbocycles. The van der Waals surface area contributed by atoms with Crippen molar-refractivity contribution in [2.24, 2.45) is 0 Å². The maximum atomic E-state index is 13.4. The molecule has 2 aromatic carbocycles. The Kier molecular flexibility index (Phi) is 4.33. The number of benzene rings is 2. The van der Waals surface area contributed by atoms with Crippen LogP contribution in [0, 0.1) is 5.82 Å². The highest BCUT2D eigenvalue weighted by atomic mass is 32.2. The molecule has 0 fully saturated rings. The van der Waals surface area contributed by atoms with E-state index >= 15 is 0 Å². The van der Waals surface area contributed by atoms with Gasteiger partial charge in [-0.2, -0.15) is 0 Å². The van der Waals surface area contributed by atoms with E-state index in [0.717, 1.165) is 5.69 Å². The highest BCUT2D eigenvalue weighted by Gasteiger charge is 2.14. The Morgan fingerprint density at radius 2 is 1.83 bits per heavy atom. The van der Waals surface area contributed by atoms with Gasteiger partial charge in [0.05, 0.1) is 22.3 Å². The van der Waals surface area contributed by atoms with E-state index in [4.69, 9.17) is 0 Å². The van der Waals surface area contributed by atoms with Crippen LogP contribution in [0.15, 0.2) is 83.1 Å². The summed E-state index contributed by atoms with van der Waals surface area (Å²) in [6.45, 7) is 0. The zero-order valence-electron chi connectivity index (χ0n) is 15.1. The van der Waals surface area contributed by atoms with E-state index in [-0.39, 0.29) is 11.4 Å². The van der Waals surface area contributed by atoms with Crippen LogP contribution < -0.4 is 5.56 Å². The van der Waals surface area contributed by atoms with Crippen molar-refractivity contribution in [2.45, 2.75) is 10.9 Å². The maximum Gasteiger partial charge on any atom is 0.266 e. The second-order valence-electron chi connectivity index (χ2n) is 6.38. The Labute approximate surface area is 168 Å². The molecule has 0 atom stereocenters. The number of halogens is 1.